The zero-order valence-electron chi connectivity index (χ0n) is 8.07. The van der Waals surface area contributed by atoms with E-state index in [-0.39, 0.29) is 17.8 Å². The Bertz CT molecular complexity index is 453. The van der Waals surface area contributed by atoms with Crippen LogP contribution >= 0.6 is 0 Å². The lowest BCUT2D eigenvalue weighted by atomic mass is 9.95. The van der Waals surface area contributed by atoms with Gasteiger partial charge in [0.1, 0.15) is 0 Å². The van der Waals surface area contributed by atoms with Crippen LogP contribution in [0.5, 0.6) is 0 Å². The van der Waals surface area contributed by atoms with E-state index in [9.17, 15) is 16.8 Å². The van der Waals surface area contributed by atoms with Gasteiger partial charge in [0.25, 0.3) is 21.1 Å². The molecule has 1 fully saturated rings. The van der Waals surface area contributed by atoms with E-state index >= 15 is 0 Å². The summed E-state index contributed by atoms with van der Waals surface area (Å²) in [5.74, 6) is 0.0767. The summed E-state index contributed by atoms with van der Waals surface area (Å²) in [6, 6.07) is 0. The van der Waals surface area contributed by atoms with Crippen LogP contribution < -0.4 is 0 Å². The van der Waals surface area contributed by atoms with E-state index in [1.165, 1.54) is 0 Å². The molecule has 0 radical (unpaired) electrons. The van der Waals surface area contributed by atoms with Gasteiger partial charge in [0.2, 0.25) is 0 Å². The van der Waals surface area contributed by atoms with E-state index in [4.69, 9.17) is 0 Å². The number of thiol groups is 1. The fraction of sp³-hybridized carbons (Fsp3) is 0.750. The summed E-state index contributed by atoms with van der Waals surface area (Å²) in [5, 5.41) is -0.708. The van der Waals surface area contributed by atoms with Gasteiger partial charge >= 0.3 is 0 Å². The largest absolute Gasteiger partial charge is 0.285 e. The van der Waals surface area contributed by atoms with Crippen LogP contribution in [0.25, 0.3) is 0 Å². The Labute approximate surface area is 90.4 Å². The van der Waals surface area contributed by atoms with Crippen LogP contribution in [0.15, 0.2) is 12.2 Å². The minimum atomic E-state index is -3.99. The summed E-state index contributed by atoms with van der Waals surface area (Å²) >= 11 is 0. The van der Waals surface area contributed by atoms with Gasteiger partial charge in [0.05, 0.1) is 5.25 Å². The summed E-state index contributed by atoms with van der Waals surface area (Å²) in [7, 11) is -7.33. The molecule has 0 amide bonds. The molecule has 2 rings (SSSR count). The number of allylic oxidation sites excluding steroid dienone is 2. The maximum Gasteiger partial charge on any atom is 0.285 e. The molecule has 0 spiro atoms. The molecule has 0 aromatic rings. The molecule has 2 aliphatic rings. The van der Waals surface area contributed by atoms with Gasteiger partial charge < -0.3 is 0 Å². The van der Waals surface area contributed by atoms with Crippen molar-refractivity contribution in [2.45, 2.75) is 18.6 Å². The first-order chi connectivity index (χ1) is 6.92. The average Bonchev–Trinajstić information content (AvgIpc) is 2.59. The fourth-order valence-corrected chi connectivity index (χ4v) is 5.07. The third-order valence-electron chi connectivity index (χ3n) is 3.26. The van der Waals surface area contributed by atoms with Crippen molar-refractivity contribution in [2.75, 3.05) is 0 Å². The van der Waals surface area contributed by atoms with Gasteiger partial charge in [0, 0.05) is 0 Å². The molecule has 86 valence electrons. The molecule has 1 saturated carbocycles. The summed E-state index contributed by atoms with van der Waals surface area (Å²) < 4.78 is 47.8. The first kappa shape index (κ1) is 11.1. The Morgan fingerprint density at radius 2 is 1.87 bits per heavy atom. The van der Waals surface area contributed by atoms with Crippen molar-refractivity contribution in [2.24, 2.45) is 17.8 Å². The maximum atomic E-state index is 11.6. The van der Waals surface area contributed by atoms with Gasteiger partial charge in [-0.2, -0.15) is 8.42 Å². The van der Waals surface area contributed by atoms with Crippen LogP contribution in [0.2, 0.25) is 0 Å². The van der Waals surface area contributed by atoms with E-state index in [1.54, 1.807) is 0 Å². The predicted molar refractivity (Wildman–Crippen MR) is 54.0 cm³/mol. The van der Waals surface area contributed by atoms with Crippen molar-refractivity contribution >= 4 is 21.1 Å². The third kappa shape index (κ3) is 1.83. The standard InChI is InChI=1S/C8H12O5S2/c1-5-6-2-3-7(4-6)8(5)15(11,12)13-14(9)10/h2-3,5-8,14H,4H2,1H3. The van der Waals surface area contributed by atoms with E-state index in [0.29, 0.717) is 0 Å². The topological polar surface area (TPSA) is 77.5 Å². The summed E-state index contributed by atoms with van der Waals surface area (Å²) in [5.41, 5.74) is 0. The van der Waals surface area contributed by atoms with Crippen molar-refractivity contribution < 1.29 is 20.5 Å². The van der Waals surface area contributed by atoms with Crippen LogP contribution in [0.4, 0.5) is 0 Å². The number of fused-ring (bicyclic) bond motifs is 2. The Balaban J connectivity index is 2.29. The second kappa shape index (κ2) is 3.57. The molecule has 4 atom stereocenters. The lowest BCUT2D eigenvalue weighted by Gasteiger charge is -2.22. The SMILES string of the molecule is CC1C2C=CC(C2)C1S(=O)(=O)O[SH](=O)=O. The average molecular weight is 252 g/mol. The molecule has 2 bridgehead atoms. The van der Waals surface area contributed by atoms with Crippen LogP contribution in [0, 0.1) is 17.8 Å². The Morgan fingerprint density at radius 3 is 2.33 bits per heavy atom. The van der Waals surface area contributed by atoms with Crippen molar-refractivity contribution in [3.8, 4) is 0 Å². The summed E-state index contributed by atoms with van der Waals surface area (Å²) in [4.78, 5) is 0. The molecule has 0 aromatic heterocycles. The minimum absolute atomic E-state index is 0.0695. The lowest BCUT2D eigenvalue weighted by molar-refractivity contribution is 0.424. The van der Waals surface area contributed by atoms with Crippen molar-refractivity contribution in [3.05, 3.63) is 12.2 Å². The van der Waals surface area contributed by atoms with Crippen LogP contribution in [0.3, 0.4) is 0 Å². The highest BCUT2D eigenvalue weighted by molar-refractivity contribution is 7.94. The first-order valence-electron chi connectivity index (χ1n) is 4.68. The second-order valence-electron chi connectivity index (χ2n) is 4.06. The monoisotopic (exact) mass is 252 g/mol. The molecule has 0 aromatic carbocycles. The van der Waals surface area contributed by atoms with Crippen LogP contribution in [-0.2, 0) is 24.7 Å². The molecule has 2 aliphatic carbocycles. The minimum Gasteiger partial charge on any atom is -0.201 e. The van der Waals surface area contributed by atoms with Crippen molar-refractivity contribution in [3.63, 3.8) is 0 Å². The van der Waals surface area contributed by atoms with E-state index in [2.05, 4.69) is 3.63 Å². The van der Waals surface area contributed by atoms with Gasteiger partial charge in [-0.3, -0.25) is 0 Å². The Kier molecular flexibility index (Phi) is 2.64. The van der Waals surface area contributed by atoms with E-state index < -0.39 is 26.4 Å². The maximum absolute atomic E-state index is 11.6. The highest BCUT2D eigenvalue weighted by Crippen LogP contribution is 2.46. The molecular weight excluding hydrogens is 240 g/mol. The van der Waals surface area contributed by atoms with Crippen molar-refractivity contribution in [1.82, 2.24) is 0 Å². The molecule has 5 nitrogen and oxygen atoms in total. The van der Waals surface area contributed by atoms with Gasteiger partial charge in [0.15, 0.2) is 0 Å². The van der Waals surface area contributed by atoms with Crippen LogP contribution in [-0.4, -0.2) is 22.1 Å². The quantitative estimate of drug-likeness (QED) is 0.568. The van der Waals surface area contributed by atoms with Gasteiger partial charge in [-0.25, -0.2) is 8.42 Å². The van der Waals surface area contributed by atoms with Crippen LogP contribution in [0.1, 0.15) is 13.3 Å². The van der Waals surface area contributed by atoms with Gasteiger partial charge in [-0.1, -0.05) is 19.1 Å². The third-order valence-corrected chi connectivity index (χ3v) is 6.03. The molecule has 4 unspecified atom stereocenters. The highest BCUT2D eigenvalue weighted by atomic mass is 32.3. The molecule has 7 heteroatoms. The molecule has 0 N–H and O–H groups in total. The fourth-order valence-electron chi connectivity index (χ4n) is 2.64. The molecule has 0 saturated heterocycles. The zero-order valence-corrected chi connectivity index (χ0v) is 9.78. The predicted octanol–water partition coefficient (Wildman–Crippen LogP) is 0.0698. The molecule has 0 aliphatic heterocycles. The Morgan fingerprint density at radius 1 is 1.27 bits per heavy atom. The van der Waals surface area contributed by atoms with E-state index in [1.807, 2.05) is 19.1 Å². The van der Waals surface area contributed by atoms with Crippen molar-refractivity contribution in [1.29, 1.82) is 0 Å². The normalized spacial score (nSPS) is 39.1. The summed E-state index contributed by atoms with van der Waals surface area (Å²) in [6.07, 6.45) is 4.62. The number of hydrogen-bond donors (Lipinski definition) is 1. The van der Waals surface area contributed by atoms with Gasteiger partial charge in [-0.15, -0.1) is 3.63 Å². The lowest BCUT2D eigenvalue weighted by Crippen LogP contribution is -2.33. The Hall–Kier alpha value is -0.400. The number of hydrogen-bond acceptors (Lipinski definition) is 5. The molecule has 0 heterocycles. The van der Waals surface area contributed by atoms with Gasteiger partial charge in [-0.05, 0) is 24.2 Å². The second-order valence-corrected chi connectivity index (χ2v) is 6.64. The molecule has 15 heavy (non-hydrogen) atoms. The molecular formula is C8H12O5S2. The first-order valence-corrected chi connectivity index (χ1v) is 7.24. The smallest absolute Gasteiger partial charge is 0.201 e. The van der Waals surface area contributed by atoms with E-state index in [0.717, 1.165) is 6.42 Å². The number of rotatable bonds is 3. The highest BCUT2D eigenvalue weighted by Gasteiger charge is 2.49. The zero-order chi connectivity index (χ0) is 11.2. The summed E-state index contributed by atoms with van der Waals surface area (Å²) in [6.45, 7) is 1.82.